The first-order valence-corrected chi connectivity index (χ1v) is 27.9. The van der Waals surface area contributed by atoms with Gasteiger partial charge in [0.2, 0.25) is 5.91 Å². The lowest BCUT2D eigenvalue weighted by Crippen LogP contribution is -2.45. The maximum absolute atomic E-state index is 12.9. The summed E-state index contributed by atoms with van der Waals surface area (Å²) in [6.07, 6.45) is 56.7. The number of carbonyl (C=O) groups excluding carboxylic acids is 1. The third-order valence-electron chi connectivity index (χ3n) is 11.8. The number of nitrogens with zero attached hydrogens (tertiary/aromatic N) is 1. The number of hydrogen-bond acceptors (Lipinski definition) is 5. The Hall–Kier alpha value is -1.28. The van der Waals surface area contributed by atoms with Gasteiger partial charge in [0.1, 0.15) is 13.2 Å². The number of unbranched alkanes of at least 4 members (excludes halogenated alkanes) is 31. The van der Waals surface area contributed by atoms with Crippen molar-refractivity contribution in [2.45, 2.75) is 257 Å². The molecule has 0 aliphatic rings. The van der Waals surface area contributed by atoms with Gasteiger partial charge >= 0.3 is 7.82 Å². The molecule has 8 nitrogen and oxygen atoms in total. The zero-order valence-electron chi connectivity index (χ0n) is 41.6. The van der Waals surface area contributed by atoms with Gasteiger partial charge in [0, 0.05) is 6.42 Å². The van der Waals surface area contributed by atoms with Crippen molar-refractivity contribution in [2.75, 3.05) is 40.9 Å². The molecule has 3 N–H and O–H groups in total. The third-order valence-corrected chi connectivity index (χ3v) is 12.8. The number of rotatable bonds is 48. The van der Waals surface area contributed by atoms with Gasteiger partial charge < -0.3 is 19.8 Å². The third kappa shape index (κ3) is 46.7. The van der Waals surface area contributed by atoms with Crippen LogP contribution in [0, 0.1) is 0 Å². The van der Waals surface area contributed by atoms with Crippen molar-refractivity contribution in [2.24, 2.45) is 0 Å². The van der Waals surface area contributed by atoms with Crippen LogP contribution in [-0.4, -0.2) is 73.4 Å². The summed E-state index contributed by atoms with van der Waals surface area (Å²) in [7, 11) is 1.55. The number of nitrogens with one attached hydrogen (secondary N) is 1. The van der Waals surface area contributed by atoms with Crippen LogP contribution < -0.4 is 5.32 Å². The number of likely N-dealkylation sites (N-methyl/N-ethyl adjacent to an activating group) is 1. The molecule has 0 aromatic heterocycles. The van der Waals surface area contributed by atoms with Gasteiger partial charge in [-0.2, -0.15) is 0 Å². The molecule has 0 aliphatic carbocycles. The Kier molecular flexibility index (Phi) is 44.0. The number of carbonyl (C=O) groups is 1. The second-order valence-corrected chi connectivity index (χ2v) is 20.7. The molecule has 0 rings (SSSR count). The van der Waals surface area contributed by atoms with Gasteiger partial charge in [-0.05, 0) is 44.9 Å². The van der Waals surface area contributed by atoms with Crippen LogP contribution in [0.5, 0.6) is 0 Å². The van der Waals surface area contributed by atoms with Gasteiger partial charge in [-0.3, -0.25) is 13.8 Å². The first-order chi connectivity index (χ1) is 30.0. The highest BCUT2D eigenvalue weighted by Gasteiger charge is 2.27. The minimum absolute atomic E-state index is 0.0549. The van der Waals surface area contributed by atoms with Crippen LogP contribution >= 0.6 is 7.82 Å². The molecule has 0 radical (unpaired) electrons. The zero-order valence-corrected chi connectivity index (χ0v) is 42.5. The molecule has 1 amide bonds. The molecule has 0 aliphatic heterocycles. The first kappa shape index (κ1) is 60.7. The summed E-state index contributed by atoms with van der Waals surface area (Å²) >= 11 is 0. The van der Waals surface area contributed by atoms with Gasteiger partial charge in [0.05, 0.1) is 39.9 Å². The molecule has 0 bridgehead atoms. The van der Waals surface area contributed by atoms with Gasteiger partial charge in [0.25, 0.3) is 0 Å². The Balaban J connectivity index is 4.26. The topological polar surface area (TPSA) is 105 Å². The average Bonchev–Trinajstić information content (AvgIpc) is 3.23. The smallest absolute Gasteiger partial charge is 0.387 e. The molecule has 3 atom stereocenters. The van der Waals surface area contributed by atoms with E-state index in [1.807, 2.05) is 27.2 Å². The predicted molar refractivity (Wildman–Crippen MR) is 268 cm³/mol. The molecule has 0 saturated carbocycles. The highest BCUT2D eigenvalue weighted by molar-refractivity contribution is 7.47. The molecule has 3 unspecified atom stereocenters. The summed E-state index contributed by atoms with van der Waals surface area (Å²) in [6.45, 7) is 4.80. The standard InChI is InChI=1S/C53H103N2O6P/c1-6-8-10-12-14-16-18-20-22-24-25-26-27-28-29-30-31-33-35-37-39-41-43-45-47-53(57)54-51(50-61-62(58,59)60-49-48-55(3,4)5)52(56)46-44-42-40-38-36-34-32-23-21-19-17-15-13-11-9-7-2/h21,23,36,38,44,46,51-52,56H,6-20,22,24-35,37,39-43,45,47-50H2,1-5H3,(H-,54,57,58,59)/p+1/b23-21+,38-36+,46-44+. The lowest BCUT2D eigenvalue weighted by atomic mass is 10.0. The fourth-order valence-corrected chi connectivity index (χ4v) is 8.40. The monoisotopic (exact) mass is 896 g/mol. The predicted octanol–water partition coefficient (Wildman–Crippen LogP) is 15.4. The summed E-state index contributed by atoms with van der Waals surface area (Å²) in [6, 6.07) is -0.866. The van der Waals surface area contributed by atoms with Crippen LogP contribution in [0.15, 0.2) is 36.5 Å². The maximum Gasteiger partial charge on any atom is 0.472 e. The van der Waals surface area contributed by atoms with Crippen LogP contribution in [0.1, 0.15) is 245 Å². The van der Waals surface area contributed by atoms with E-state index < -0.39 is 20.0 Å². The van der Waals surface area contributed by atoms with Crippen molar-refractivity contribution in [3.8, 4) is 0 Å². The number of aliphatic hydroxyl groups is 1. The minimum Gasteiger partial charge on any atom is -0.387 e. The van der Waals surface area contributed by atoms with Crippen molar-refractivity contribution in [3.05, 3.63) is 36.5 Å². The highest BCUT2D eigenvalue weighted by atomic mass is 31.2. The van der Waals surface area contributed by atoms with Crippen LogP contribution in [0.4, 0.5) is 0 Å². The van der Waals surface area contributed by atoms with Gasteiger partial charge in [0.15, 0.2) is 0 Å². The number of phosphoric ester groups is 1. The van der Waals surface area contributed by atoms with E-state index in [0.717, 1.165) is 44.9 Å². The van der Waals surface area contributed by atoms with Crippen LogP contribution in [-0.2, 0) is 18.4 Å². The quantitative estimate of drug-likeness (QED) is 0.0243. The number of allylic oxidation sites excluding steroid dienone is 5. The van der Waals surface area contributed by atoms with Crippen molar-refractivity contribution in [1.29, 1.82) is 0 Å². The minimum atomic E-state index is -4.35. The van der Waals surface area contributed by atoms with E-state index in [0.29, 0.717) is 17.4 Å². The van der Waals surface area contributed by atoms with E-state index in [4.69, 9.17) is 9.05 Å². The summed E-state index contributed by atoms with van der Waals surface area (Å²) < 4.78 is 23.6. The summed E-state index contributed by atoms with van der Waals surface area (Å²) in [5.41, 5.74) is 0. The lowest BCUT2D eigenvalue weighted by molar-refractivity contribution is -0.870. The van der Waals surface area contributed by atoms with Crippen LogP contribution in [0.25, 0.3) is 0 Å². The molecule has 0 heterocycles. The maximum atomic E-state index is 12.9. The number of phosphoric acid groups is 1. The largest absolute Gasteiger partial charge is 0.472 e. The Morgan fingerprint density at radius 1 is 0.532 bits per heavy atom. The van der Waals surface area contributed by atoms with Gasteiger partial charge in [-0.1, -0.05) is 230 Å². The molecule has 0 saturated heterocycles. The van der Waals surface area contributed by atoms with Crippen molar-refractivity contribution in [1.82, 2.24) is 5.32 Å². The summed E-state index contributed by atoms with van der Waals surface area (Å²) in [4.78, 5) is 23.2. The Morgan fingerprint density at radius 3 is 1.29 bits per heavy atom. The fourth-order valence-electron chi connectivity index (χ4n) is 7.66. The Bertz CT molecular complexity index is 1110. The Labute approximate surface area is 385 Å². The molecule has 366 valence electrons. The van der Waals surface area contributed by atoms with Gasteiger partial charge in [-0.25, -0.2) is 4.57 Å². The van der Waals surface area contributed by atoms with E-state index >= 15 is 0 Å². The van der Waals surface area contributed by atoms with Crippen molar-refractivity contribution < 1.29 is 32.9 Å². The lowest BCUT2D eigenvalue weighted by Gasteiger charge is -2.25. The normalized spacial score (nSPS) is 14.4. The van der Waals surface area contributed by atoms with E-state index in [-0.39, 0.29) is 19.1 Å². The van der Waals surface area contributed by atoms with E-state index in [9.17, 15) is 19.4 Å². The molecule has 0 aromatic carbocycles. The second kappa shape index (κ2) is 44.9. The van der Waals surface area contributed by atoms with Gasteiger partial charge in [-0.15, -0.1) is 0 Å². The average molecular weight is 896 g/mol. The summed E-state index contributed by atoms with van der Waals surface area (Å²) in [5.74, 6) is -0.187. The molecule has 0 fully saturated rings. The van der Waals surface area contributed by atoms with Crippen LogP contribution in [0.2, 0.25) is 0 Å². The number of quaternary nitrogens is 1. The molecule has 0 spiro atoms. The molecular formula is C53H104N2O6P+. The van der Waals surface area contributed by atoms with E-state index in [2.05, 4.69) is 43.5 Å². The van der Waals surface area contributed by atoms with Crippen molar-refractivity contribution >= 4 is 13.7 Å². The zero-order chi connectivity index (χ0) is 45.7. The summed E-state index contributed by atoms with van der Waals surface area (Å²) in [5, 5.41) is 13.9. The highest BCUT2D eigenvalue weighted by Crippen LogP contribution is 2.43. The second-order valence-electron chi connectivity index (χ2n) is 19.2. The SMILES string of the molecule is CCCCCCCC/C=C/CC/C=C/CC/C=C/C(O)C(COP(=O)(O)OCC[N+](C)(C)C)NC(=O)CCCCCCCCCCCCCCCCCCCCCCCCCC. The Morgan fingerprint density at radius 2 is 0.887 bits per heavy atom. The first-order valence-electron chi connectivity index (χ1n) is 26.4. The molecule has 0 aromatic rings. The van der Waals surface area contributed by atoms with E-state index in [1.165, 1.54) is 180 Å². The number of amides is 1. The number of aliphatic hydroxyl groups excluding tert-OH is 1. The molecule has 9 heteroatoms. The van der Waals surface area contributed by atoms with E-state index in [1.54, 1.807) is 6.08 Å². The van der Waals surface area contributed by atoms with Crippen LogP contribution in [0.3, 0.4) is 0 Å². The van der Waals surface area contributed by atoms with Crippen molar-refractivity contribution in [3.63, 3.8) is 0 Å². The molecular weight excluding hydrogens is 792 g/mol. The number of hydrogen-bond donors (Lipinski definition) is 3. The molecule has 62 heavy (non-hydrogen) atoms. The fraction of sp³-hybridized carbons (Fsp3) is 0.868.